The minimum atomic E-state index is -0.360. The maximum Gasteiger partial charge on any atom is 0.339 e. The van der Waals surface area contributed by atoms with Gasteiger partial charge in [0.15, 0.2) is 0 Å². The molecule has 1 heterocycles. The van der Waals surface area contributed by atoms with Crippen molar-refractivity contribution in [2.24, 2.45) is 0 Å². The monoisotopic (exact) mass is 243 g/mol. The fourth-order valence-corrected chi connectivity index (χ4v) is 1.15. The number of hydrogen-bond acceptors (Lipinski definition) is 3. The van der Waals surface area contributed by atoms with Crippen LogP contribution in [0.2, 0.25) is 0 Å². The van der Waals surface area contributed by atoms with Crippen molar-refractivity contribution in [3.05, 3.63) is 29.6 Å². The van der Waals surface area contributed by atoms with E-state index in [0.717, 1.165) is 5.69 Å². The Morgan fingerprint density at radius 1 is 1.62 bits per heavy atom. The smallest absolute Gasteiger partial charge is 0.339 e. The van der Waals surface area contributed by atoms with Crippen LogP contribution in [0.4, 0.5) is 0 Å². The Labute approximate surface area is 85.3 Å². The number of nitrogens with zero attached hydrogens (tertiary/aromatic N) is 1. The molecule has 0 radical (unpaired) electrons. The zero-order valence-electron chi connectivity index (χ0n) is 7.45. The molecule has 3 nitrogen and oxygen atoms in total. The van der Waals surface area contributed by atoms with Crippen LogP contribution in [0.5, 0.6) is 0 Å². The third-order valence-corrected chi connectivity index (χ3v) is 2.08. The molecule has 4 heteroatoms. The maximum atomic E-state index is 11.0. The number of esters is 1. The Kier molecular flexibility index (Phi) is 3.42. The molecule has 1 unspecified atom stereocenters. The quantitative estimate of drug-likeness (QED) is 0.592. The molecule has 0 aliphatic heterocycles. The van der Waals surface area contributed by atoms with Crippen LogP contribution in [0.15, 0.2) is 18.3 Å². The second-order valence-corrected chi connectivity index (χ2v) is 3.95. The average Bonchev–Trinajstić information content (AvgIpc) is 2.17. The number of hydrogen-bond donors (Lipinski definition) is 0. The molecule has 0 spiro atoms. The molecule has 0 saturated heterocycles. The number of halogens is 1. The lowest BCUT2D eigenvalue weighted by Gasteiger charge is -2.03. The van der Waals surface area contributed by atoms with Crippen LogP contribution in [0, 0.1) is 0 Å². The number of carbonyl (C=O) groups excluding carboxylic acids is 1. The Morgan fingerprint density at radius 3 is 2.69 bits per heavy atom. The van der Waals surface area contributed by atoms with Crippen LogP contribution in [-0.2, 0) is 4.74 Å². The highest BCUT2D eigenvalue weighted by molar-refractivity contribution is 9.09. The van der Waals surface area contributed by atoms with E-state index in [2.05, 4.69) is 25.7 Å². The highest BCUT2D eigenvalue weighted by Crippen LogP contribution is 2.18. The molecule has 1 aromatic rings. The molecule has 0 aliphatic carbocycles. The van der Waals surface area contributed by atoms with E-state index < -0.39 is 0 Å². The summed E-state index contributed by atoms with van der Waals surface area (Å²) in [5, 5.41) is 0. The predicted octanol–water partition coefficient (Wildman–Crippen LogP) is 2.32. The third-order valence-electron chi connectivity index (χ3n) is 1.62. The van der Waals surface area contributed by atoms with Crippen LogP contribution >= 0.6 is 15.9 Å². The van der Waals surface area contributed by atoms with Gasteiger partial charge in [-0.25, -0.2) is 4.79 Å². The maximum absolute atomic E-state index is 11.0. The lowest BCUT2D eigenvalue weighted by Crippen LogP contribution is -2.02. The second-order valence-electron chi connectivity index (χ2n) is 2.58. The van der Waals surface area contributed by atoms with Gasteiger partial charge in [0.1, 0.15) is 0 Å². The topological polar surface area (TPSA) is 39.2 Å². The number of pyridine rings is 1. The largest absolute Gasteiger partial charge is 0.465 e. The zero-order chi connectivity index (χ0) is 9.84. The van der Waals surface area contributed by atoms with Crippen LogP contribution in [-0.4, -0.2) is 18.1 Å². The van der Waals surface area contributed by atoms with Crippen molar-refractivity contribution >= 4 is 21.9 Å². The molecular formula is C9H10BrNO2. The van der Waals surface area contributed by atoms with E-state index in [1.165, 1.54) is 13.3 Å². The molecule has 1 atom stereocenters. The van der Waals surface area contributed by atoms with Gasteiger partial charge in [-0.1, -0.05) is 15.9 Å². The SMILES string of the molecule is COC(=O)c1ccc(C(C)Br)nc1. The number of rotatable bonds is 2. The summed E-state index contributed by atoms with van der Waals surface area (Å²) < 4.78 is 4.55. The minimum absolute atomic E-state index is 0.194. The molecule has 0 aliphatic rings. The zero-order valence-corrected chi connectivity index (χ0v) is 9.04. The minimum Gasteiger partial charge on any atom is -0.465 e. The second kappa shape index (κ2) is 4.37. The molecule has 70 valence electrons. The lowest BCUT2D eigenvalue weighted by atomic mass is 10.2. The summed E-state index contributed by atoms with van der Waals surface area (Å²) in [5.74, 6) is -0.360. The van der Waals surface area contributed by atoms with E-state index in [0.29, 0.717) is 5.56 Å². The van der Waals surface area contributed by atoms with E-state index in [-0.39, 0.29) is 10.8 Å². The molecule has 13 heavy (non-hydrogen) atoms. The van der Waals surface area contributed by atoms with Crippen molar-refractivity contribution in [1.82, 2.24) is 4.98 Å². The van der Waals surface area contributed by atoms with Gasteiger partial charge in [0, 0.05) is 6.20 Å². The number of ether oxygens (including phenoxy) is 1. The normalized spacial score (nSPS) is 12.2. The van der Waals surface area contributed by atoms with Crippen LogP contribution in [0.3, 0.4) is 0 Å². The van der Waals surface area contributed by atoms with Crippen molar-refractivity contribution in [1.29, 1.82) is 0 Å². The molecule has 0 fully saturated rings. The molecule has 0 aromatic carbocycles. The Hall–Kier alpha value is -0.900. The van der Waals surface area contributed by atoms with Gasteiger partial charge in [-0.3, -0.25) is 4.98 Å². The fraction of sp³-hybridized carbons (Fsp3) is 0.333. The lowest BCUT2D eigenvalue weighted by molar-refractivity contribution is 0.0600. The summed E-state index contributed by atoms with van der Waals surface area (Å²) in [7, 11) is 1.35. The van der Waals surface area contributed by atoms with Crippen molar-refractivity contribution in [2.75, 3.05) is 7.11 Å². The number of alkyl halides is 1. The van der Waals surface area contributed by atoms with Crippen LogP contribution in [0.25, 0.3) is 0 Å². The summed E-state index contributed by atoms with van der Waals surface area (Å²) in [6.45, 7) is 1.97. The van der Waals surface area contributed by atoms with E-state index >= 15 is 0 Å². The van der Waals surface area contributed by atoms with E-state index in [1.54, 1.807) is 12.1 Å². The van der Waals surface area contributed by atoms with Gasteiger partial charge in [0.05, 0.1) is 23.2 Å². The third kappa shape index (κ3) is 2.52. The Morgan fingerprint density at radius 2 is 2.31 bits per heavy atom. The van der Waals surface area contributed by atoms with Crippen LogP contribution in [0.1, 0.15) is 27.8 Å². The van der Waals surface area contributed by atoms with Gasteiger partial charge in [-0.15, -0.1) is 0 Å². The van der Waals surface area contributed by atoms with Gasteiger partial charge >= 0.3 is 5.97 Å². The summed E-state index contributed by atoms with van der Waals surface area (Å²) in [6.07, 6.45) is 1.51. The molecule has 1 rings (SSSR count). The van der Waals surface area contributed by atoms with Gasteiger partial charge < -0.3 is 4.74 Å². The Bertz CT molecular complexity index is 295. The van der Waals surface area contributed by atoms with Crippen molar-refractivity contribution in [2.45, 2.75) is 11.8 Å². The molecule has 0 N–H and O–H groups in total. The first-order valence-corrected chi connectivity index (χ1v) is 4.75. The van der Waals surface area contributed by atoms with E-state index in [9.17, 15) is 4.79 Å². The Balaban J connectivity index is 2.87. The number of aromatic nitrogens is 1. The summed E-state index contributed by atoms with van der Waals surface area (Å²) >= 11 is 3.38. The highest BCUT2D eigenvalue weighted by Gasteiger charge is 2.07. The van der Waals surface area contributed by atoms with Crippen molar-refractivity contribution in [3.8, 4) is 0 Å². The first-order chi connectivity index (χ1) is 6.15. The van der Waals surface area contributed by atoms with E-state index in [4.69, 9.17) is 0 Å². The van der Waals surface area contributed by atoms with Gasteiger partial charge in [-0.05, 0) is 19.1 Å². The molecule has 1 aromatic heterocycles. The summed E-state index contributed by atoms with van der Waals surface area (Å²) in [5.41, 5.74) is 1.37. The summed E-state index contributed by atoms with van der Waals surface area (Å²) in [6, 6.07) is 3.50. The number of carbonyl (C=O) groups is 1. The molecular weight excluding hydrogens is 234 g/mol. The fourth-order valence-electron chi connectivity index (χ4n) is 0.879. The number of methoxy groups -OCH3 is 1. The molecule has 0 amide bonds. The van der Waals surface area contributed by atoms with Crippen LogP contribution < -0.4 is 0 Å². The van der Waals surface area contributed by atoms with E-state index in [1.807, 2.05) is 6.92 Å². The molecule has 0 saturated carbocycles. The standard InChI is InChI=1S/C9H10BrNO2/c1-6(10)8-4-3-7(5-11-8)9(12)13-2/h3-6H,1-2H3. The predicted molar refractivity (Wildman–Crippen MR) is 52.9 cm³/mol. The van der Waals surface area contributed by atoms with Gasteiger partial charge in [0.25, 0.3) is 0 Å². The first-order valence-electron chi connectivity index (χ1n) is 3.83. The first kappa shape index (κ1) is 10.2. The summed E-state index contributed by atoms with van der Waals surface area (Å²) in [4.78, 5) is 15.3. The van der Waals surface area contributed by atoms with Crippen molar-refractivity contribution < 1.29 is 9.53 Å². The average molecular weight is 244 g/mol. The van der Waals surface area contributed by atoms with Crippen molar-refractivity contribution in [3.63, 3.8) is 0 Å². The van der Waals surface area contributed by atoms with Gasteiger partial charge in [-0.2, -0.15) is 0 Å². The van der Waals surface area contributed by atoms with Gasteiger partial charge in [0.2, 0.25) is 0 Å². The highest BCUT2D eigenvalue weighted by atomic mass is 79.9. The molecule has 0 bridgehead atoms.